The molecule has 8 nitrogen and oxygen atoms in total. The van der Waals surface area contributed by atoms with E-state index < -0.39 is 5.82 Å². The number of rotatable bonds is 4. The zero-order valence-electron chi connectivity index (χ0n) is 19.5. The Morgan fingerprint density at radius 3 is 2.71 bits per heavy atom. The molecule has 2 aromatic heterocycles. The molecule has 3 heterocycles. The maximum atomic E-state index is 14.5. The second-order valence-electron chi connectivity index (χ2n) is 8.78. The largest absolute Gasteiger partial charge is 0.368 e. The Balaban J connectivity index is 1.54. The van der Waals surface area contributed by atoms with Gasteiger partial charge in [-0.25, -0.2) is 14.4 Å². The fraction of sp³-hybridized carbons (Fsp3) is 0.333. The van der Waals surface area contributed by atoms with Crippen LogP contribution in [0.2, 0.25) is 0 Å². The number of carbonyl (C=O) groups is 1. The number of halogens is 1. The van der Waals surface area contributed by atoms with Crippen molar-refractivity contribution < 1.29 is 9.18 Å². The molecule has 2 atom stereocenters. The smallest absolute Gasteiger partial charge is 0.257 e. The zero-order chi connectivity index (χ0) is 24.0. The molecule has 1 saturated heterocycles. The maximum Gasteiger partial charge on any atom is 0.257 e. The van der Waals surface area contributed by atoms with Gasteiger partial charge in [0.15, 0.2) is 11.0 Å². The Morgan fingerprint density at radius 1 is 1.21 bits per heavy atom. The van der Waals surface area contributed by atoms with Crippen LogP contribution in [-0.2, 0) is 7.05 Å². The van der Waals surface area contributed by atoms with Crippen LogP contribution >= 0.6 is 11.8 Å². The molecule has 0 unspecified atom stereocenters. The van der Waals surface area contributed by atoms with Crippen LogP contribution in [0.4, 0.5) is 15.8 Å². The number of benzene rings is 2. The van der Waals surface area contributed by atoms with Crippen molar-refractivity contribution in [2.45, 2.75) is 31.1 Å². The highest BCUT2D eigenvalue weighted by atomic mass is 32.2. The minimum atomic E-state index is -0.484. The van der Waals surface area contributed by atoms with Gasteiger partial charge in [-0.15, -0.1) is 0 Å². The number of nitrogens with zero attached hydrogens (tertiary/aromatic N) is 5. The lowest BCUT2D eigenvalue weighted by Gasteiger charge is -2.38. The van der Waals surface area contributed by atoms with Crippen LogP contribution in [0.25, 0.3) is 21.8 Å². The molecule has 1 aliphatic heterocycles. The number of nitrogens with one attached hydrogen (secondary N) is 2. The van der Waals surface area contributed by atoms with Crippen LogP contribution in [0.15, 0.2) is 41.8 Å². The number of anilines is 2. The van der Waals surface area contributed by atoms with Gasteiger partial charge in [0, 0.05) is 66.8 Å². The molecule has 0 radical (unpaired) electrons. The van der Waals surface area contributed by atoms with Crippen LogP contribution in [0, 0.1) is 5.82 Å². The average Bonchev–Trinajstić information content (AvgIpc) is 3.18. The highest BCUT2D eigenvalue weighted by Gasteiger charge is 2.24. The molecule has 2 aromatic carbocycles. The van der Waals surface area contributed by atoms with Crippen molar-refractivity contribution in [1.82, 2.24) is 25.1 Å². The summed E-state index contributed by atoms with van der Waals surface area (Å²) in [6.45, 7) is 6.01. The van der Waals surface area contributed by atoms with Gasteiger partial charge >= 0.3 is 0 Å². The molecule has 5 rings (SSSR count). The molecule has 0 saturated carbocycles. The van der Waals surface area contributed by atoms with Gasteiger partial charge in [0.05, 0.1) is 11.1 Å². The van der Waals surface area contributed by atoms with Gasteiger partial charge in [0.1, 0.15) is 5.52 Å². The van der Waals surface area contributed by atoms with E-state index in [1.165, 1.54) is 17.8 Å². The fourth-order valence-corrected chi connectivity index (χ4v) is 4.99. The second-order valence-corrected chi connectivity index (χ2v) is 9.55. The van der Waals surface area contributed by atoms with Crippen molar-refractivity contribution in [1.29, 1.82) is 0 Å². The van der Waals surface area contributed by atoms with E-state index in [1.807, 2.05) is 12.3 Å². The van der Waals surface area contributed by atoms with Crippen LogP contribution in [-0.4, -0.2) is 57.1 Å². The third-order valence-corrected chi connectivity index (χ3v) is 6.53. The van der Waals surface area contributed by atoms with E-state index in [9.17, 15) is 9.18 Å². The number of piperazine rings is 1. The predicted octanol–water partition coefficient (Wildman–Crippen LogP) is 3.82. The Labute approximate surface area is 200 Å². The first-order valence-electron chi connectivity index (χ1n) is 11.1. The fourth-order valence-electron chi connectivity index (χ4n) is 4.65. The van der Waals surface area contributed by atoms with Crippen LogP contribution < -0.4 is 15.5 Å². The summed E-state index contributed by atoms with van der Waals surface area (Å²) in [6.07, 6.45) is 5.40. The van der Waals surface area contributed by atoms with E-state index in [-0.39, 0.29) is 11.4 Å². The third kappa shape index (κ3) is 4.19. The molecule has 2 N–H and O–H groups in total. The van der Waals surface area contributed by atoms with Crippen molar-refractivity contribution in [2.75, 3.05) is 29.6 Å². The minimum Gasteiger partial charge on any atom is -0.368 e. The van der Waals surface area contributed by atoms with Crippen LogP contribution in [0.3, 0.4) is 0 Å². The molecule has 1 aliphatic rings. The van der Waals surface area contributed by atoms with Crippen LogP contribution in [0.5, 0.6) is 0 Å². The highest BCUT2D eigenvalue weighted by molar-refractivity contribution is 7.98. The first kappa shape index (κ1) is 22.5. The number of thioether (sulfide) groups is 1. The first-order valence-corrected chi connectivity index (χ1v) is 12.3. The lowest BCUT2D eigenvalue weighted by molar-refractivity contribution is 0.102. The number of hydrogen-bond acceptors (Lipinski definition) is 7. The van der Waals surface area contributed by atoms with E-state index >= 15 is 0 Å². The Hall–Kier alpha value is -3.24. The number of hydrogen-bond donors (Lipinski definition) is 2. The first-order chi connectivity index (χ1) is 16.3. The molecule has 4 aromatic rings. The molecule has 34 heavy (non-hydrogen) atoms. The standard InChI is InChI=1S/C24H26FN7OS/c1-13-10-32(11-14(2)27-13)20-6-5-17(22-18(20)9-26-24(29-22)34-4)23(33)28-16-7-15-12-31(3)30-21(15)19(25)8-16/h5-9,12-14,27H,10-11H2,1-4H3,(H,28,33)/t13-,14+. The van der Waals surface area contributed by atoms with Gasteiger partial charge < -0.3 is 15.5 Å². The van der Waals surface area contributed by atoms with Crippen molar-refractivity contribution >= 4 is 50.8 Å². The quantitative estimate of drug-likeness (QED) is 0.340. The van der Waals surface area contributed by atoms with Gasteiger partial charge in [-0.3, -0.25) is 9.48 Å². The van der Waals surface area contributed by atoms with Gasteiger partial charge in [-0.05, 0) is 44.4 Å². The van der Waals surface area contributed by atoms with Gasteiger partial charge in [0.25, 0.3) is 5.91 Å². The summed E-state index contributed by atoms with van der Waals surface area (Å²) in [5.41, 5.74) is 2.63. The number of aryl methyl sites for hydroxylation is 1. The average molecular weight is 480 g/mol. The van der Waals surface area contributed by atoms with Gasteiger partial charge in [-0.2, -0.15) is 5.10 Å². The summed E-state index contributed by atoms with van der Waals surface area (Å²) < 4.78 is 16.1. The van der Waals surface area contributed by atoms with Crippen molar-refractivity contribution in [2.24, 2.45) is 7.05 Å². The van der Waals surface area contributed by atoms with Crippen molar-refractivity contribution in [3.8, 4) is 0 Å². The summed E-state index contributed by atoms with van der Waals surface area (Å²) >= 11 is 1.42. The number of aromatic nitrogens is 4. The van der Waals surface area contributed by atoms with Crippen LogP contribution in [0.1, 0.15) is 24.2 Å². The third-order valence-electron chi connectivity index (χ3n) is 5.97. The minimum absolute atomic E-state index is 0.270. The van der Waals surface area contributed by atoms with Gasteiger partial charge in [0.2, 0.25) is 0 Å². The zero-order valence-corrected chi connectivity index (χ0v) is 20.3. The Morgan fingerprint density at radius 2 is 1.97 bits per heavy atom. The SMILES string of the molecule is CSc1ncc2c(N3C[C@@H](C)N[C@@H](C)C3)ccc(C(=O)Nc3cc(F)c4nn(C)cc4c3)c2n1. The number of amides is 1. The molecule has 176 valence electrons. The topological polar surface area (TPSA) is 88.0 Å². The predicted molar refractivity (Wildman–Crippen MR) is 134 cm³/mol. The molecule has 0 aliphatic carbocycles. The van der Waals surface area contributed by atoms with E-state index in [2.05, 4.69) is 44.4 Å². The highest BCUT2D eigenvalue weighted by Crippen LogP contribution is 2.31. The molecule has 0 spiro atoms. The maximum absolute atomic E-state index is 14.5. The molecule has 10 heteroatoms. The summed E-state index contributed by atoms with van der Waals surface area (Å²) in [5, 5.41) is 12.5. The van der Waals surface area contributed by atoms with E-state index in [4.69, 9.17) is 0 Å². The molecular formula is C24H26FN7OS. The monoisotopic (exact) mass is 479 g/mol. The number of fused-ring (bicyclic) bond motifs is 2. The lowest BCUT2D eigenvalue weighted by atomic mass is 10.0. The molecule has 1 fully saturated rings. The van der Waals surface area contributed by atoms with Crippen molar-refractivity contribution in [3.05, 3.63) is 48.0 Å². The Kier molecular flexibility index (Phi) is 5.86. The summed E-state index contributed by atoms with van der Waals surface area (Å²) in [5.74, 6) is -0.838. The summed E-state index contributed by atoms with van der Waals surface area (Å²) in [4.78, 5) is 24.8. The number of carbonyl (C=O) groups excluding carboxylic acids is 1. The molecule has 1 amide bonds. The second kappa shape index (κ2) is 8.84. The normalized spacial score (nSPS) is 18.6. The lowest BCUT2D eigenvalue weighted by Crippen LogP contribution is -2.54. The summed E-state index contributed by atoms with van der Waals surface area (Å²) in [7, 11) is 1.73. The molecule has 0 bridgehead atoms. The van der Waals surface area contributed by atoms with Gasteiger partial charge in [-0.1, -0.05) is 11.8 Å². The van der Waals surface area contributed by atoms with Crippen molar-refractivity contribution in [3.63, 3.8) is 0 Å². The summed E-state index contributed by atoms with van der Waals surface area (Å²) in [6, 6.07) is 7.42. The van der Waals surface area contributed by atoms with E-state index in [0.29, 0.717) is 39.4 Å². The molecular weight excluding hydrogens is 453 g/mol. The Bertz CT molecular complexity index is 1400. The van der Waals surface area contributed by atoms with E-state index in [0.717, 1.165) is 24.2 Å². The van der Waals surface area contributed by atoms with E-state index in [1.54, 1.807) is 36.3 Å².